The van der Waals surface area contributed by atoms with E-state index < -0.39 is 10.0 Å². The highest BCUT2D eigenvalue weighted by Crippen LogP contribution is 2.26. The lowest BCUT2D eigenvalue weighted by Gasteiger charge is -2.23. The van der Waals surface area contributed by atoms with Crippen molar-refractivity contribution in [3.05, 3.63) is 94.5 Å². The Labute approximate surface area is 206 Å². The Morgan fingerprint density at radius 1 is 1.00 bits per heavy atom. The smallest absolute Gasteiger partial charge is 0.251 e. The molecule has 0 aliphatic carbocycles. The molecule has 1 N–H and O–H groups in total. The lowest BCUT2D eigenvalue weighted by Crippen LogP contribution is -2.29. The van der Waals surface area contributed by atoms with Crippen molar-refractivity contribution in [3.63, 3.8) is 0 Å². The third-order valence-electron chi connectivity index (χ3n) is 5.03. The van der Waals surface area contributed by atoms with Gasteiger partial charge >= 0.3 is 0 Å². The maximum atomic E-state index is 12.5. The van der Waals surface area contributed by atoms with Crippen LogP contribution < -0.4 is 14.4 Å². The van der Waals surface area contributed by atoms with Gasteiger partial charge in [-0.05, 0) is 67.8 Å². The molecule has 0 bridgehead atoms. The lowest BCUT2D eigenvalue weighted by molar-refractivity contribution is 0.0954. The third kappa shape index (κ3) is 7.50. The van der Waals surface area contributed by atoms with Crippen molar-refractivity contribution < 1.29 is 17.9 Å². The average Bonchev–Trinajstić information content (AvgIpc) is 2.78. The van der Waals surface area contributed by atoms with Gasteiger partial charge in [0, 0.05) is 23.2 Å². The molecule has 3 aromatic rings. The molecule has 34 heavy (non-hydrogen) atoms. The van der Waals surface area contributed by atoms with Crippen LogP contribution in [0, 0.1) is 0 Å². The largest absolute Gasteiger partial charge is 0.491 e. The zero-order chi connectivity index (χ0) is 24.7. The Morgan fingerprint density at radius 3 is 2.26 bits per heavy atom. The lowest BCUT2D eigenvalue weighted by atomic mass is 10.1. The first kappa shape index (κ1) is 25.6. The molecule has 0 aliphatic rings. The Kier molecular flexibility index (Phi) is 8.58. The first-order valence-electron chi connectivity index (χ1n) is 11.0. The maximum absolute atomic E-state index is 12.5. The summed E-state index contributed by atoms with van der Waals surface area (Å²) in [5.41, 5.74) is 2.88. The molecule has 0 radical (unpaired) electrons. The third-order valence-corrected chi connectivity index (χ3v) is 6.43. The quantitative estimate of drug-likeness (QED) is 0.422. The van der Waals surface area contributed by atoms with Crippen LogP contribution in [-0.4, -0.2) is 33.2 Å². The number of hydrogen-bond acceptors (Lipinski definition) is 4. The number of halogens is 1. The topological polar surface area (TPSA) is 75.7 Å². The number of ether oxygens (including phenoxy) is 1. The van der Waals surface area contributed by atoms with Gasteiger partial charge < -0.3 is 10.1 Å². The molecular formula is C26H29ClN2O4S. The van der Waals surface area contributed by atoms with Gasteiger partial charge in [0.15, 0.2) is 0 Å². The van der Waals surface area contributed by atoms with E-state index >= 15 is 0 Å². The number of nitrogens with one attached hydrogen (secondary N) is 1. The SMILES string of the molecule is CC(C)Oc1cccc(N(Cc2ccc(C(=O)NCCc3ccc(Cl)cc3)cc2)S(C)(=O)=O)c1. The van der Waals surface area contributed by atoms with Gasteiger partial charge in [0.25, 0.3) is 5.91 Å². The first-order chi connectivity index (χ1) is 16.1. The fourth-order valence-corrected chi connectivity index (χ4v) is 4.39. The molecule has 6 nitrogen and oxygen atoms in total. The summed E-state index contributed by atoms with van der Waals surface area (Å²) in [6, 6.07) is 21.4. The molecule has 0 unspecified atom stereocenters. The Hall–Kier alpha value is -3.03. The molecule has 0 saturated heterocycles. The van der Waals surface area contributed by atoms with Gasteiger partial charge in [0.05, 0.1) is 24.6 Å². The second-order valence-electron chi connectivity index (χ2n) is 8.26. The minimum absolute atomic E-state index is 0.0215. The molecule has 0 heterocycles. The maximum Gasteiger partial charge on any atom is 0.251 e. The van der Waals surface area contributed by atoms with Crippen LogP contribution in [0.15, 0.2) is 72.8 Å². The molecular weight excluding hydrogens is 472 g/mol. The highest BCUT2D eigenvalue weighted by Gasteiger charge is 2.19. The highest BCUT2D eigenvalue weighted by molar-refractivity contribution is 7.92. The zero-order valence-electron chi connectivity index (χ0n) is 19.5. The van der Waals surface area contributed by atoms with Crippen LogP contribution in [0.2, 0.25) is 5.02 Å². The summed E-state index contributed by atoms with van der Waals surface area (Å²) in [6.45, 7) is 4.47. The van der Waals surface area contributed by atoms with Crippen molar-refractivity contribution in [2.24, 2.45) is 0 Å². The van der Waals surface area contributed by atoms with Crippen LogP contribution in [0.4, 0.5) is 5.69 Å². The predicted octanol–water partition coefficient (Wildman–Crippen LogP) is 5.07. The van der Waals surface area contributed by atoms with Gasteiger partial charge in [-0.3, -0.25) is 9.10 Å². The van der Waals surface area contributed by atoms with Crippen molar-refractivity contribution in [1.29, 1.82) is 0 Å². The van der Waals surface area contributed by atoms with Crippen molar-refractivity contribution in [2.45, 2.75) is 32.9 Å². The van der Waals surface area contributed by atoms with E-state index in [0.29, 0.717) is 35.0 Å². The second kappa shape index (κ2) is 11.4. The monoisotopic (exact) mass is 500 g/mol. The number of carbonyl (C=O) groups excluding carboxylic acids is 1. The van der Waals surface area contributed by atoms with E-state index in [2.05, 4.69) is 5.32 Å². The number of amides is 1. The van der Waals surface area contributed by atoms with Crippen LogP contribution in [0.1, 0.15) is 35.3 Å². The Balaban J connectivity index is 1.65. The number of nitrogens with zero attached hydrogens (tertiary/aromatic N) is 1. The average molecular weight is 501 g/mol. The molecule has 0 fully saturated rings. The van der Waals surface area contributed by atoms with E-state index in [1.807, 2.05) is 38.1 Å². The van der Waals surface area contributed by atoms with Crippen molar-refractivity contribution in [3.8, 4) is 5.75 Å². The predicted molar refractivity (Wildman–Crippen MR) is 137 cm³/mol. The molecule has 1 amide bonds. The van der Waals surface area contributed by atoms with E-state index in [4.69, 9.17) is 16.3 Å². The highest BCUT2D eigenvalue weighted by atomic mass is 35.5. The van der Waals surface area contributed by atoms with Crippen LogP contribution in [0.3, 0.4) is 0 Å². The minimum atomic E-state index is -3.54. The van der Waals surface area contributed by atoms with E-state index in [9.17, 15) is 13.2 Å². The van der Waals surface area contributed by atoms with Gasteiger partial charge in [-0.25, -0.2) is 8.42 Å². The summed E-state index contributed by atoms with van der Waals surface area (Å²) in [6.07, 6.45) is 1.85. The molecule has 0 aliphatic heterocycles. The minimum Gasteiger partial charge on any atom is -0.491 e. The Bertz CT molecular complexity index is 1210. The van der Waals surface area contributed by atoms with Gasteiger partial charge in [-0.1, -0.05) is 41.9 Å². The summed E-state index contributed by atoms with van der Waals surface area (Å²) in [5, 5.41) is 3.58. The first-order valence-corrected chi connectivity index (χ1v) is 13.2. The van der Waals surface area contributed by atoms with Crippen LogP contribution in [-0.2, 0) is 23.0 Å². The molecule has 0 spiro atoms. The van der Waals surface area contributed by atoms with Crippen LogP contribution >= 0.6 is 11.6 Å². The van der Waals surface area contributed by atoms with Crippen molar-refractivity contribution in [2.75, 3.05) is 17.1 Å². The zero-order valence-corrected chi connectivity index (χ0v) is 21.1. The van der Waals surface area contributed by atoms with E-state index in [0.717, 1.165) is 11.1 Å². The number of sulfonamides is 1. The fraction of sp³-hybridized carbons (Fsp3) is 0.269. The normalized spacial score (nSPS) is 11.3. The molecule has 0 atom stereocenters. The molecule has 8 heteroatoms. The van der Waals surface area contributed by atoms with E-state index in [-0.39, 0.29) is 18.6 Å². The summed E-state index contributed by atoms with van der Waals surface area (Å²) in [7, 11) is -3.54. The number of rotatable bonds is 10. The van der Waals surface area contributed by atoms with Crippen LogP contribution in [0.5, 0.6) is 5.75 Å². The van der Waals surface area contributed by atoms with E-state index in [1.165, 1.54) is 10.6 Å². The standard InChI is InChI=1S/C26H29ClN2O4S/c1-19(2)33-25-6-4-5-24(17-25)29(34(3,31)32)18-21-7-11-22(12-8-21)26(30)28-16-15-20-9-13-23(27)14-10-20/h4-14,17,19H,15-16,18H2,1-3H3,(H,28,30). The number of anilines is 1. The second-order valence-corrected chi connectivity index (χ2v) is 10.6. The van der Waals surface area contributed by atoms with Crippen molar-refractivity contribution in [1.82, 2.24) is 5.32 Å². The molecule has 3 rings (SSSR count). The summed E-state index contributed by atoms with van der Waals surface area (Å²) < 4.78 is 32.0. The number of hydrogen-bond donors (Lipinski definition) is 1. The summed E-state index contributed by atoms with van der Waals surface area (Å²) >= 11 is 5.89. The number of benzene rings is 3. The number of carbonyl (C=O) groups is 1. The van der Waals surface area contributed by atoms with Gasteiger partial charge in [-0.2, -0.15) is 0 Å². The van der Waals surface area contributed by atoms with Gasteiger partial charge in [0.1, 0.15) is 5.75 Å². The summed E-state index contributed by atoms with van der Waals surface area (Å²) in [4.78, 5) is 12.5. The molecule has 180 valence electrons. The van der Waals surface area contributed by atoms with Crippen LogP contribution in [0.25, 0.3) is 0 Å². The van der Waals surface area contributed by atoms with E-state index in [1.54, 1.807) is 48.5 Å². The Morgan fingerprint density at radius 2 is 1.65 bits per heavy atom. The van der Waals surface area contributed by atoms with Crippen molar-refractivity contribution >= 4 is 33.2 Å². The molecule has 0 saturated carbocycles. The molecule has 0 aromatic heterocycles. The summed E-state index contributed by atoms with van der Waals surface area (Å²) in [5.74, 6) is 0.422. The van der Waals surface area contributed by atoms with Gasteiger partial charge in [-0.15, -0.1) is 0 Å². The van der Waals surface area contributed by atoms with Gasteiger partial charge in [0.2, 0.25) is 10.0 Å². The fourth-order valence-electron chi connectivity index (χ4n) is 3.38. The molecule has 3 aromatic carbocycles.